The number of allylic oxidation sites excluding steroid dienone is 1. The Kier molecular flexibility index (Phi) is 5.18. The zero-order valence-corrected chi connectivity index (χ0v) is 17.4. The first-order chi connectivity index (χ1) is 14.6. The standard InChI is InChI=1S/C26H29FN2O/c1-16-25-23(22-8-3-2-5-18(22)14-24(25)26(30)29-16)12-11-21-10-9-19(15-28-21)17-6-4-7-20(27)13-17/h4,6-7,9-13,15-16,18,22-25H,2-3,5,8,14H2,1H3,(H,29,30)/b12-11+. The average molecular weight is 405 g/mol. The molecule has 3 nitrogen and oxygen atoms in total. The van der Waals surface area contributed by atoms with Gasteiger partial charge in [0.15, 0.2) is 0 Å². The summed E-state index contributed by atoms with van der Waals surface area (Å²) in [5.41, 5.74) is 2.66. The molecule has 0 spiro atoms. The molecule has 5 rings (SSSR count). The molecule has 6 atom stereocenters. The van der Waals surface area contributed by atoms with Crippen molar-refractivity contribution < 1.29 is 9.18 Å². The number of halogens is 1. The molecule has 6 unspecified atom stereocenters. The SMILES string of the molecule is CC1NC(=O)C2CC3CCCCC3C(/C=C/c3ccc(-c4cccc(F)c4)cn3)C12. The summed E-state index contributed by atoms with van der Waals surface area (Å²) in [6.07, 6.45) is 12.5. The van der Waals surface area contributed by atoms with Crippen LogP contribution in [0.2, 0.25) is 0 Å². The summed E-state index contributed by atoms with van der Waals surface area (Å²) in [6.45, 7) is 2.17. The van der Waals surface area contributed by atoms with Gasteiger partial charge < -0.3 is 5.32 Å². The van der Waals surface area contributed by atoms with Crippen molar-refractivity contribution >= 4 is 12.0 Å². The summed E-state index contributed by atoms with van der Waals surface area (Å²) in [5, 5.41) is 3.21. The molecule has 2 heterocycles. The van der Waals surface area contributed by atoms with Crippen LogP contribution in [0.4, 0.5) is 4.39 Å². The van der Waals surface area contributed by atoms with Gasteiger partial charge in [0.25, 0.3) is 0 Å². The van der Waals surface area contributed by atoms with Crippen molar-refractivity contribution in [2.24, 2.45) is 29.6 Å². The van der Waals surface area contributed by atoms with Gasteiger partial charge in [-0.3, -0.25) is 9.78 Å². The number of rotatable bonds is 3. The summed E-state index contributed by atoms with van der Waals surface area (Å²) >= 11 is 0. The van der Waals surface area contributed by atoms with Crippen LogP contribution in [0.1, 0.15) is 44.7 Å². The Balaban J connectivity index is 1.39. The number of hydrogen-bond acceptors (Lipinski definition) is 2. The second-order valence-electron chi connectivity index (χ2n) is 9.34. The summed E-state index contributed by atoms with van der Waals surface area (Å²) in [5.74, 6) is 2.35. The van der Waals surface area contributed by atoms with Crippen molar-refractivity contribution in [3.63, 3.8) is 0 Å². The average Bonchev–Trinajstić information content (AvgIpc) is 3.05. The molecule has 30 heavy (non-hydrogen) atoms. The van der Waals surface area contributed by atoms with E-state index < -0.39 is 0 Å². The number of fused-ring (bicyclic) bond motifs is 2. The number of benzene rings is 1. The molecule has 2 saturated carbocycles. The summed E-state index contributed by atoms with van der Waals surface area (Å²) in [6, 6.07) is 10.8. The molecule has 1 saturated heterocycles. The van der Waals surface area contributed by atoms with E-state index in [2.05, 4.69) is 29.4 Å². The maximum absolute atomic E-state index is 13.5. The maximum atomic E-state index is 13.5. The smallest absolute Gasteiger partial charge is 0.223 e. The fraction of sp³-hybridized carbons (Fsp3) is 0.462. The number of amides is 1. The van der Waals surface area contributed by atoms with Gasteiger partial charge in [-0.25, -0.2) is 4.39 Å². The van der Waals surface area contributed by atoms with Crippen molar-refractivity contribution in [2.45, 2.75) is 45.1 Å². The third-order valence-electron chi connectivity index (χ3n) is 7.65. The normalized spacial score (nSPS) is 33.2. The first-order valence-corrected chi connectivity index (χ1v) is 11.3. The third-order valence-corrected chi connectivity index (χ3v) is 7.65. The molecule has 1 aliphatic heterocycles. The van der Waals surface area contributed by atoms with E-state index in [0.29, 0.717) is 23.7 Å². The van der Waals surface area contributed by atoms with E-state index >= 15 is 0 Å². The van der Waals surface area contributed by atoms with E-state index in [0.717, 1.165) is 23.2 Å². The van der Waals surface area contributed by atoms with Crippen LogP contribution in [0, 0.1) is 35.4 Å². The molecule has 1 N–H and O–H groups in total. The number of hydrogen-bond donors (Lipinski definition) is 1. The van der Waals surface area contributed by atoms with Gasteiger partial charge in [0, 0.05) is 23.7 Å². The van der Waals surface area contributed by atoms with Crippen molar-refractivity contribution in [1.82, 2.24) is 10.3 Å². The Morgan fingerprint density at radius 3 is 2.80 bits per heavy atom. The van der Waals surface area contributed by atoms with E-state index in [-0.39, 0.29) is 23.7 Å². The first-order valence-electron chi connectivity index (χ1n) is 11.3. The van der Waals surface area contributed by atoms with Crippen LogP contribution in [0.5, 0.6) is 0 Å². The number of aromatic nitrogens is 1. The van der Waals surface area contributed by atoms with Gasteiger partial charge in [-0.2, -0.15) is 0 Å². The monoisotopic (exact) mass is 404 g/mol. The van der Waals surface area contributed by atoms with E-state index in [9.17, 15) is 9.18 Å². The molecule has 0 radical (unpaired) electrons. The van der Waals surface area contributed by atoms with Gasteiger partial charge in [-0.1, -0.05) is 43.5 Å². The lowest BCUT2D eigenvalue weighted by Gasteiger charge is -2.46. The van der Waals surface area contributed by atoms with Gasteiger partial charge >= 0.3 is 0 Å². The van der Waals surface area contributed by atoms with Crippen LogP contribution in [0.3, 0.4) is 0 Å². The number of pyridine rings is 1. The molecule has 1 aromatic heterocycles. The van der Waals surface area contributed by atoms with Crippen LogP contribution in [0.15, 0.2) is 48.7 Å². The Labute approximate surface area is 177 Å². The Hall–Kier alpha value is -2.49. The Morgan fingerprint density at radius 2 is 2.00 bits per heavy atom. The fourth-order valence-electron chi connectivity index (χ4n) is 6.29. The van der Waals surface area contributed by atoms with Crippen LogP contribution < -0.4 is 5.32 Å². The highest BCUT2D eigenvalue weighted by Crippen LogP contribution is 2.52. The quantitative estimate of drug-likeness (QED) is 0.736. The third kappa shape index (κ3) is 3.57. The minimum absolute atomic E-state index is 0.164. The Morgan fingerprint density at radius 1 is 1.13 bits per heavy atom. The lowest BCUT2D eigenvalue weighted by Crippen LogP contribution is -2.42. The number of carbonyl (C=O) groups is 1. The molecular formula is C26H29FN2O. The largest absolute Gasteiger partial charge is 0.353 e. The molecule has 2 aromatic rings. The van der Waals surface area contributed by atoms with E-state index in [1.807, 2.05) is 24.4 Å². The molecule has 0 bridgehead atoms. The van der Waals surface area contributed by atoms with Gasteiger partial charge in [0.1, 0.15) is 5.82 Å². The molecule has 1 aromatic carbocycles. The van der Waals surface area contributed by atoms with Crippen LogP contribution >= 0.6 is 0 Å². The van der Waals surface area contributed by atoms with Crippen LogP contribution in [-0.4, -0.2) is 16.9 Å². The number of carbonyl (C=O) groups excluding carboxylic acids is 1. The molecule has 3 fully saturated rings. The molecule has 3 aliphatic rings. The number of nitrogens with one attached hydrogen (secondary N) is 1. The topological polar surface area (TPSA) is 42.0 Å². The number of nitrogens with zero attached hydrogens (tertiary/aromatic N) is 1. The second kappa shape index (κ2) is 7.98. The second-order valence-corrected chi connectivity index (χ2v) is 9.34. The van der Waals surface area contributed by atoms with Crippen molar-refractivity contribution in [3.05, 3.63) is 60.2 Å². The summed E-state index contributed by atoms with van der Waals surface area (Å²) in [7, 11) is 0. The molecule has 1 amide bonds. The highest BCUT2D eigenvalue weighted by molar-refractivity contribution is 5.82. The zero-order valence-electron chi connectivity index (χ0n) is 17.4. The maximum Gasteiger partial charge on any atom is 0.223 e. The predicted molar refractivity (Wildman–Crippen MR) is 117 cm³/mol. The fourth-order valence-corrected chi connectivity index (χ4v) is 6.29. The van der Waals surface area contributed by atoms with Gasteiger partial charge in [-0.05, 0) is 73.3 Å². The van der Waals surface area contributed by atoms with Crippen molar-refractivity contribution in [1.29, 1.82) is 0 Å². The molecule has 4 heteroatoms. The van der Waals surface area contributed by atoms with E-state index in [4.69, 9.17) is 0 Å². The van der Waals surface area contributed by atoms with Crippen molar-refractivity contribution in [2.75, 3.05) is 0 Å². The first kappa shape index (κ1) is 19.5. The minimum atomic E-state index is -0.237. The summed E-state index contributed by atoms with van der Waals surface area (Å²) < 4.78 is 13.5. The van der Waals surface area contributed by atoms with Crippen LogP contribution in [-0.2, 0) is 4.79 Å². The van der Waals surface area contributed by atoms with Gasteiger partial charge in [-0.15, -0.1) is 0 Å². The minimum Gasteiger partial charge on any atom is -0.353 e. The van der Waals surface area contributed by atoms with Crippen LogP contribution in [0.25, 0.3) is 17.2 Å². The molecular weight excluding hydrogens is 375 g/mol. The molecule has 2 aliphatic carbocycles. The van der Waals surface area contributed by atoms with E-state index in [1.54, 1.807) is 6.07 Å². The van der Waals surface area contributed by atoms with Crippen molar-refractivity contribution in [3.8, 4) is 11.1 Å². The lowest BCUT2D eigenvalue weighted by molar-refractivity contribution is -0.125. The highest BCUT2D eigenvalue weighted by Gasteiger charge is 2.52. The highest BCUT2D eigenvalue weighted by atomic mass is 19.1. The van der Waals surface area contributed by atoms with E-state index in [1.165, 1.54) is 37.8 Å². The predicted octanol–water partition coefficient (Wildman–Crippen LogP) is 5.48. The lowest BCUT2D eigenvalue weighted by atomic mass is 9.57. The molecule has 156 valence electrons. The van der Waals surface area contributed by atoms with Gasteiger partial charge in [0.05, 0.1) is 5.69 Å². The Bertz CT molecular complexity index is 954. The summed E-state index contributed by atoms with van der Waals surface area (Å²) in [4.78, 5) is 17.1. The van der Waals surface area contributed by atoms with Gasteiger partial charge in [0.2, 0.25) is 5.91 Å². The zero-order chi connectivity index (χ0) is 20.7.